The Hall–Kier alpha value is -3.44. The van der Waals surface area contributed by atoms with Crippen LogP contribution in [0.1, 0.15) is 21.6 Å². The van der Waals surface area contributed by atoms with Crippen LogP contribution in [0, 0.1) is 0 Å². The zero-order chi connectivity index (χ0) is 18.9. The lowest BCUT2D eigenvalue weighted by atomic mass is 9.95. The number of fused-ring (bicyclic) bond motifs is 1. The Labute approximate surface area is 166 Å². The molecule has 0 amide bonds. The number of ketones is 1. The molecule has 136 valence electrons. The Morgan fingerprint density at radius 3 is 2.75 bits per heavy atom. The number of benzene rings is 2. The lowest BCUT2D eigenvalue weighted by Gasteiger charge is -2.07. The third kappa shape index (κ3) is 2.96. The van der Waals surface area contributed by atoms with Gasteiger partial charge in [-0.1, -0.05) is 42.5 Å². The largest absolute Gasteiger partial charge is 0.347 e. The molecule has 2 aromatic carbocycles. The number of hydrogen-bond acceptors (Lipinski definition) is 3. The van der Waals surface area contributed by atoms with Gasteiger partial charge in [0.25, 0.3) is 0 Å². The monoisotopic (exact) mass is 383 g/mol. The molecule has 4 nitrogen and oxygen atoms in total. The van der Waals surface area contributed by atoms with Gasteiger partial charge in [0.05, 0.1) is 18.6 Å². The van der Waals surface area contributed by atoms with Crippen molar-refractivity contribution in [3.8, 4) is 11.1 Å². The standard InChI is InChI=1S/C23H17N3OS/c27-23(17-8-9-28-14-17)22-13-26(11-18-10-24-15-25-18)12-21(22)20-7-3-5-16-4-1-2-6-19(16)20/h1-10,12-15H,11H2,(H,24,25). The van der Waals surface area contributed by atoms with Crippen LogP contribution in [0.5, 0.6) is 0 Å². The average Bonchev–Trinajstić information content (AvgIpc) is 3.49. The number of aromatic nitrogens is 3. The zero-order valence-corrected chi connectivity index (χ0v) is 15.8. The van der Waals surface area contributed by atoms with Gasteiger partial charge in [-0.15, -0.1) is 0 Å². The SMILES string of the molecule is O=C(c1ccsc1)c1cn(Cc2cnc[nH]2)cc1-c1cccc2ccccc12. The highest BCUT2D eigenvalue weighted by Crippen LogP contribution is 2.33. The van der Waals surface area contributed by atoms with Crippen molar-refractivity contribution < 1.29 is 4.79 Å². The van der Waals surface area contributed by atoms with Gasteiger partial charge >= 0.3 is 0 Å². The minimum absolute atomic E-state index is 0.0487. The first-order valence-corrected chi connectivity index (χ1v) is 9.96. The maximum Gasteiger partial charge on any atom is 0.196 e. The van der Waals surface area contributed by atoms with Gasteiger partial charge < -0.3 is 9.55 Å². The van der Waals surface area contributed by atoms with E-state index in [2.05, 4.69) is 40.4 Å². The third-order valence-corrected chi connectivity index (χ3v) is 5.58. The van der Waals surface area contributed by atoms with E-state index in [1.807, 2.05) is 45.8 Å². The molecule has 0 atom stereocenters. The topological polar surface area (TPSA) is 50.7 Å². The smallest absolute Gasteiger partial charge is 0.196 e. The van der Waals surface area contributed by atoms with Gasteiger partial charge in [-0.2, -0.15) is 11.3 Å². The van der Waals surface area contributed by atoms with Crippen LogP contribution in [-0.2, 0) is 6.54 Å². The van der Waals surface area contributed by atoms with E-state index in [0.717, 1.165) is 33.2 Å². The zero-order valence-electron chi connectivity index (χ0n) is 15.0. The van der Waals surface area contributed by atoms with E-state index >= 15 is 0 Å². The highest BCUT2D eigenvalue weighted by atomic mass is 32.1. The van der Waals surface area contributed by atoms with Crippen molar-refractivity contribution in [3.05, 3.63) is 101 Å². The number of rotatable bonds is 5. The molecule has 0 bridgehead atoms. The van der Waals surface area contributed by atoms with Gasteiger partial charge in [-0.05, 0) is 27.8 Å². The normalized spacial score (nSPS) is 11.1. The Morgan fingerprint density at radius 1 is 1.04 bits per heavy atom. The molecule has 0 aliphatic heterocycles. The van der Waals surface area contributed by atoms with Crippen LogP contribution in [0.3, 0.4) is 0 Å². The first kappa shape index (κ1) is 16.7. The van der Waals surface area contributed by atoms with E-state index in [1.54, 1.807) is 12.5 Å². The molecule has 0 saturated heterocycles. The van der Waals surface area contributed by atoms with Gasteiger partial charge in [0.15, 0.2) is 5.78 Å². The fraction of sp³-hybridized carbons (Fsp3) is 0.0435. The number of aromatic amines is 1. The molecule has 3 aromatic heterocycles. The molecule has 3 heterocycles. The third-order valence-electron chi connectivity index (χ3n) is 4.90. The van der Waals surface area contributed by atoms with Gasteiger partial charge in [-0.3, -0.25) is 4.79 Å². The Kier molecular flexibility index (Phi) is 4.14. The van der Waals surface area contributed by atoms with E-state index in [0.29, 0.717) is 12.1 Å². The van der Waals surface area contributed by atoms with Gasteiger partial charge in [0.1, 0.15) is 0 Å². The fourth-order valence-electron chi connectivity index (χ4n) is 3.57. The van der Waals surface area contributed by atoms with E-state index in [9.17, 15) is 4.79 Å². The van der Waals surface area contributed by atoms with Crippen LogP contribution >= 0.6 is 11.3 Å². The summed E-state index contributed by atoms with van der Waals surface area (Å²) in [6, 6.07) is 16.4. The van der Waals surface area contributed by atoms with Crippen LogP contribution in [-0.4, -0.2) is 20.3 Å². The first-order chi connectivity index (χ1) is 13.8. The molecule has 0 aliphatic rings. The predicted octanol–water partition coefficient (Wildman–Crippen LogP) is 5.37. The summed E-state index contributed by atoms with van der Waals surface area (Å²) in [6.45, 7) is 0.634. The minimum atomic E-state index is 0.0487. The highest BCUT2D eigenvalue weighted by Gasteiger charge is 2.19. The van der Waals surface area contributed by atoms with Crippen LogP contribution < -0.4 is 0 Å². The number of hydrogen-bond donors (Lipinski definition) is 1. The molecule has 0 saturated carbocycles. The molecule has 0 unspecified atom stereocenters. The number of thiophene rings is 1. The summed E-state index contributed by atoms with van der Waals surface area (Å²) in [6.07, 6.45) is 7.47. The molecule has 0 fully saturated rings. The molecular weight excluding hydrogens is 366 g/mol. The van der Waals surface area contributed by atoms with Crippen LogP contribution in [0.15, 0.2) is 84.2 Å². The maximum atomic E-state index is 13.2. The quantitative estimate of drug-likeness (QED) is 0.415. The molecule has 0 radical (unpaired) electrons. The Morgan fingerprint density at radius 2 is 1.93 bits per heavy atom. The lowest BCUT2D eigenvalue weighted by Crippen LogP contribution is -2.01. The molecular formula is C23H17N3OS. The molecule has 0 spiro atoms. The minimum Gasteiger partial charge on any atom is -0.347 e. The summed E-state index contributed by atoms with van der Waals surface area (Å²) >= 11 is 1.54. The predicted molar refractivity (Wildman–Crippen MR) is 113 cm³/mol. The summed E-state index contributed by atoms with van der Waals surface area (Å²) in [7, 11) is 0. The second-order valence-electron chi connectivity index (χ2n) is 6.70. The van der Waals surface area contributed by atoms with Crippen LogP contribution in [0.4, 0.5) is 0 Å². The average molecular weight is 383 g/mol. The summed E-state index contributed by atoms with van der Waals surface area (Å²) < 4.78 is 2.05. The van der Waals surface area contributed by atoms with Crippen molar-refractivity contribution in [1.29, 1.82) is 0 Å². The molecule has 0 aliphatic carbocycles. The van der Waals surface area contributed by atoms with Crippen molar-refractivity contribution in [2.75, 3.05) is 0 Å². The number of nitrogens with zero attached hydrogens (tertiary/aromatic N) is 2. The van der Waals surface area contributed by atoms with Gasteiger partial charge in [0, 0.05) is 40.7 Å². The van der Waals surface area contributed by atoms with Crippen molar-refractivity contribution in [2.24, 2.45) is 0 Å². The number of nitrogens with one attached hydrogen (secondary N) is 1. The number of carbonyl (C=O) groups excluding carboxylic acids is 1. The number of imidazole rings is 1. The van der Waals surface area contributed by atoms with E-state index < -0.39 is 0 Å². The fourth-order valence-corrected chi connectivity index (χ4v) is 4.21. The van der Waals surface area contributed by atoms with Crippen molar-refractivity contribution >= 4 is 27.9 Å². The second-order valence-corrected chi connectivity index (χ2v) is 7.48. The summed E-state index contributed by atoms with van der Waals surface area (Å²) in [5.74, 6) is 0.0487. The van der Waals surface area contributed by atoms with Crippen molar-refractivity contribution in [1.82, 2.24) is 14.5 Å². The van der Waals surface area contributed by atoms with Gasteiger partial charge in [-0.25, -0.2) is 4.98 Å². The van der Waals surface area contributed by atoms with Crippen LogP contribution in [0.2, 0.25) is 0 Å². The lowest BCUT2D eigenvalue weighted by molar-refractivity contribution is 0.103. The first-order valence-electron chi connectivity index (χ1n) is 9.01. The van der Waals surface area contributed by atoms with E-state index in [1.165, 1.54) is 11.3 Å². The molecule has 28 heavy (non-hydrogen) atoms. The van der Waals surface area contributed by atoms with Crippen LogP contribution in [0.25, 0.3) is 21.9 Å². The van der Waals surface area contributed by atoms with Crippen molar-refractivity contribution in [2.45, 2.75) is 6.54 Å². The maximum absolute atomic E-state index is 13.2. The summed E-state index contributed by atoms with van der Waals surface area (Å²) in [5, 5.41) is 6.15. The molecule has 5 aromatic rings. The number of carbonyl (C=O) groups is 1. The summed E-state index contributed by atoms with van der Waals surface area (Å²) in [5.41, 5.74) is 4.46. The molecule has 1 N–H and O–H groups in total. The van der Waals surface area contributed by atoms with E-state index in [-0.39, 0.29) is 5.78 Å². The molecule has 5 rings (SSSR count). The Bertz CT molecular complexity index is 1250. The van der Waals surface area contributed by atoms with Gasteiger partial charge in [0.2, 0.25) is 0 Å². The van der Waals surface area contributed by atoms with Crippen molar-refractivity contribution in [3.63, 3.8) is 0 Å². The summed E-state index contributed by atoms with van der Waals surface area (Å²) in [4.78, 5) is 20.4. The number of H-pyrrole nitrogens is 1. The van der Waals surface area contributed by atoms with E-state index in [4.69, 9.17) is 0 Å². The highest BCUT2D eigenvalue weighted by molar-refractivity contribution is 7.08. The Balaban J connectivity index is 1.68. The molecule has 5 heteroatoms. The second kappa shape index (κ2) is 6.94.